The highest BCUT2D eigenvalue weighted by molar-refractivity contribution is 5.71. The standard InChI is InChI=1S/C40H36N2/c1-5-13-31(14-6-1)41(32-15-7-2-8-16-32)37-27-23-29-22-26-36-38(28-24-30-21-25-35(37)39(29)40(30)36)42(33-17-9-3-10-18-33)34-19-11-4-12-20-34/h1-3,5-11,13-15,17-26,28,30,32,37,40H,4,12,16,27H2. The summed E-state index contributed by atoms with van der Waals surface area (Å²) in [5, 5.41) is 0. The van der Waals surface area contributed by atoms with Gasteiger partial charge in [0.25, 0.3) is 0 Å². The van der Waals surface area contributed by atoms with Crippen molar-refractivity contribution in [3.05, 3.63) is 179 Å². The predicted molar refractivity (Wildman–Crippen MR) is 176 cm³/mol. The van der Waals surface area contributed by atoms with Gasteiger partial charge in [-0.1, -0.05) is 109 Å². The molecule has 0 saturated carbocycles. The molecule has 8 rings (SSSR count). The van der Waals surface area contributed by atoms with Gasteiger partial charge in [-0.3, -0.25) is 0 Å². The van der Waals surface area contributed by atoms with Gasteiger partial charge < -0.3 is 9.80 Å². The summed E-state index contributed by atoms with van der Waals surface area (Å²) in [5.41, 5.74) is 10.9. The quantitative estimate of drug-likeness (QED) is 0.357. The molecule has 42 heavy (non-hydrogen) atoms. The molecule has 2 nitrogen and oxygen atoms in total. The largest absolute Gasteiger partial charge is 0.357 e. The van der Waals surface area contributed by atoms with Gasteiger partial charge in [0.1, 0.15) is 0 Å². The summed E-state index contributed by atoms with van der Waals surface area (Å²) in [4.78, 5) is 5.15. The number of allylic oxidation sites excluding steroid dienone is 13. The van der Waals surface area contributed by atoms with Crippen molar-refractivity contribution in [1.29, 1.82) is 0 Å². The number of para-hydroxylation sites is 2. The molecule has 2 aromatic carbocycles. The van der Waals surface area contributed by atoms with Gasteiger partial charge in [-0.15, -0.1) is 0 Å². The fourth-order valence-corrected chi connectivity index (χ4v) is 7.64. The van der Waals surface area contributed by atoms with Gasteiger partial charge in [-0.05, 0) is 84.4 Å². The topological polar surface area (TPSA) is 6.48 Å². The van der Waals surface area contributed by atoms with Gasteiger partial charge in [-0.2, -0.15) is 0 Å². The third-order valence-corrected chi connectivity index (χ3v) is 9.48. The number of anilines is 2. The van der Waals surface area contributed by atoms with E-state index in [-0.39, 0.29) is 0 Å². The van der Waals surface area contributed by atoms with Crippen molar-refractivity contribution in [2.24, 2.45) is 11.8 Å². The molecular weight excluding hydrogens is 508 g/mol. The summed E-state index contributed by atoms with van der Waals surface area (Å²) in [6.07, 6.45) is 37.4. The first-order valence-electron chi connectivity index (χ1n) is 15.5. The Balaban J connectivity index is 1.27. The maximum Gasteiger partial charge on any atom is 0.0586 e. The van der Waals surface area contributed by atoms with Crippen molar-refractivity contribution in [3.63, 3.8) is 0 Å². The van der Waals surface area contributed by atoms with Crippen molar-refractivity contribution >= 4 is 11.4 Å². The molecule has 2 aromatic rings. The van der Waals surface area contributed by atoms with Gasteiger partial charge in [0.2, 0.25) is 0 Å². The molecule has 6 aliphatic rings. The van der Waals surface area contributed by atoms with Crippen LogP contribution in [0.1, 0.15) is 25.7 Å². The van der Waals surface area contributed by atoms with Crippen molar-refractivity contribution in [1.82, 2.24) is 0 Å². The Morgan fingerprint density at radius 3 is 2.19 bits per heavy atom. The summed E-state index contributed by atoms with van der Waals surface area (Å²) < 4.78 is 0. The highest BCUT2D eigenvalue weighted by Crippen LogP contribution is 2.51. The first-order chi connectivity index (χ1) is 20.9. The molecule has 0 N–H and O–H groups in total. The molecule has 0 fully saturated rings. The molecule has 0 aliphatic heterocycles. The second-order valence-corrected chi connectivity index (χ2v) is 11.9. The molecule has 4 atom stereocenters. The van der Waals surface area contributed by atoms with E-state index in [0.29, 0.717) is 23.9 Å². The van der Waals surface area contributed by atoms with E-state index < -0.39 is 0 Å². The number of rotatable bonds is 6. The molecule has 0 saturated heterocycles. The van der Waals surface area contributed by atoms with Crippen LogP contribution >= 0.6 is 0 Å². The highest BCUT2D eigenvalue weighted by atomic mass is 15.2. The molecule has 206 valence electrons. The molecule has 4 unspecified atom stereocenters. The number of nitrogens with zero attached hydrogens (tertiary/aromatic N) is 2. The van der Waals surface area contributed by atoms with Crippen LogP contribution in [-0.2, 0) is 0 Å². The number of hydrogen-bond donors (Lipinski definition) is 0. The summed E-state index contributed by atoms with van der Waals surface area (Å²) in [7, 11) is 0. The Kier molecular flexibility index (Phi) is 6.41. The fourth-order valence-electron chi connectivity index (χ4n) is 7.64. The van der Waals surface area contributed by atoms with E-state index in [1.165, 1.54) is 45.1 Å². The van der Waals surface area contributed by atoms with Crippen LogP contribution in [0.2, 0.25) is 0 Å². The number of benzene rings is 2. The van der Waals surface area contributed by atoms with Gasteiger partial charge in [0.15, 0.2) is 0 Å². The highest BCUT2D eigenvalue weighted by Gasteiger charge is 2.42. The third kappa shape index (κ3) is 4.25. The molecule has 6 aliphatic carbocycles. The van der Waals surface area contributed by atoms with E-state index in [9.17, 15) is 0 Å². The Morgan fingerprint density at radius 2 is 1.43 bits per heavy atom. The third-order valence-electron chi connectivity index (χ3n) is 9.48. The SMILES string of the molecule is C1=CCC(N(c2ccccc2)C2CC=C3C=CC4=C(N(C5=CCCC=C5)c5ccccc5)C=CC5C=CC2=C3C45)C=C1. The van der Waals surface area contributed by atoms with Crippen LogP contribution in [0.4, 0.5) is 11.4 Å². The molecule has 0 aromatic heterocycles. The van der Waals surface area contributed by atoms with Gasteiger partial charge in [0, 0.05) is 34.6 Å². The smallest absolute Gasteiger partial charge is 0.0586 e. The lowest BCUT2D eigenvalue weighted by atomic mass is 9.64. The number of hydrogen-bond acceptors (Lipinski definition) is 2. The molecular formula is C40H36N2. The lowest BCUT2D eigenvalue weighted by Gasteiger charge is -2.47. The van der Waals surface area contributed by atoms with Crippen molar-refractivity contribution < 1.29 is 0 Å². The van der Waals surface area contributed by atoms with E-state index in [4.69, 9.17) is 0 Å². The summed E-state index contributed by atoms with van der Waals surface area (Å²) in [5.74, 6) is 0.689. The second-order valence-electron chi connectivity index (χ2n) is 11.9. The molecule has 0 amide bonds. The Morgan fingerprint density at radius 1 is 0.619 bits per heavy atom. The Hall–Kier alpha value is -4.56. The molecule has 0 heterocycles. The zero-order valence-corrected chi connectivity index (χ0v) is 23.9. The summed E-state index contributed by atoms with van der Waals surface area (Å²) in [6, 6.07) is 22.5. The average Bonchev–Trinajstić information content (AvgIpc) is 3.07. The van der Waals surface area contributed by atoms with Gasteiger partial charge in [-0.25, -0.2) is 0 Å². The molecule has 0 spiro atoms. The van der Waals surface area contributed by atoms with Crippen LogP contribution in [0, 0.1) is 11.8 Å². The van der Waals surface area contributed by atoms with Crippen molar-refractivity contribution in [2.75, 3.05) is 9.80 Å². The van der Waals surface area contributed by atoms with Crippen molar-refractivity contribution in [3.8, 4) is 0 Å². The van der Waals surface area contributed by atoms with Crippen LogP contribution in [-0.4, -0.2) is 12.1 Å². The normalized spacial score (nSPS) is 26.7. The maximum atomic E-state index is 2.68. The summed E-state index contributed by atoms with van der Waals surface area (Å²) >= 11 is 0. The average molecular weight is 545 g/mol. The zero-order valence-electron chi connectivity index (χ0n) is 23.9. The van der Waals surface area contributed by atoms with Gasteiger partial charge in [0.05, 0.1) is 12.1 Å². The lowest BCUT2D eigenvalue weighted by Crippen LogP contribution is -2.46. The van der Waals surface area contributed by atoms with Crippen LogP contribution in [0.25, 0.3) is 0 Å². The van der Waals surface area contributed by atoms with Crippen LogP contribution < -0.4 is 9.80 Å². The van der Waals surface area contributed by atoms with Crippen LogP contribution in [0.3, 0.4) is 0 Å². The minimum absolute atomic E-state index is 0.292. The van der Waals surface area contributed by atoms with E-state index in [0.717, 1.165) is 25.7 Å². The predicted octanol–water partition coefficient (Wildman–Crippen LogP) is 9.31. The first-order valence-corrected chi connectivity index (χ1v) is 15.5. The zero-order chi connectivity index (χ0) is 27.9. The summed E-state index contributed by atoms with van der Waals surface area (Å²) in [6.45, 7) is 0. The van der Waals surface area contributed by atoms with Crippen LogP contribution in [0.5, 0.6) is 0 Å². The Bertz CT molecular complexity index is 1690. The Labute approximate surface area is 249 Å². The fraction of sp³-hybridized carbons (Fsp3) is 0.200. The molecule has 2 heteroatoms. The monoisotopic (exact) mass is 544 g/mol. The van der Waals surface area contributed by atoms with Crippen molar-refractivity contribution in [2.45, 2.75) is 37.8 Å². The van der Waals surface area contributed by atoms with Crippen LogP contribution in [0.15, 0.2) is 179 Å². The molecule has 0 bridgehead atoms. The minimum atomic E-state index is 0.292. The van der Waals surface area contributed by atoms with E-state index >= 15 is 0 Å². The van der Waals surface area contributed by atoms with Gasteiger partial charge >= 0.3 is 0 Å². The van der Waals surface area contributed by atoms with E-state index in [1.807, 2.05) is 0 Å². The lowest BCUT2D eigenvalue weighted by molar-refractivity contribution is 0.544. The molecule has 0 radical (unpaired) electrons. The minimum Gasteiger partial charge on any atom is -0.357 e. The van der Waals surface area contributed by atoms with E-state index in [1.54, 1.807) is 0 Å². The second kappa shape index (κ2) is 10.7. The van der Waals surface area contributed by atoms with E-state index in [2.05, 4.69) is 156 Å². The first kappa shape index (κ1) is 25.2. The maximum absolute atomic E-state index is 2.68.